The molecule has 0 saturated carbocycles. The lowest BCUT2D eigenvalue weighted by atomic mass is 10.0. The van der Waals surface area contributed by atoms with Crippen LogP contribution in [-0.2, 0) is 19.5 Å². The highest BCUT2D eigenvalue weighted by Crippen LogP contribution is 2.34. The molecular weight excluding hydrogens is 402 g/mol. The third kappa shape index (κ3) is 3.29. The van der Waals surface area contributed by atoms with Crippen molar-refractivity contribution in [2.45, 2.75) is 19.5 Å². The minimum absolute atomic E-state index is 0.0166. The van der Waals surface area contributed by atoms with Gasteiger partial charge in [-0.15, -0.1) is 0 Å². The second-order valence-corrected chi connectivity index (χ2v) is 7.43. The van der Waals surface area contributed by atoms with Gasteiger partial charge in [-0.25, -0.2) is 13.8 Å². The van der Waals surface area contributed by atoms with E-state index in [4.69, 9.17) is 9.47 Å². The van der Waals surface area contributed by atoms with Crippen LogP contribution in [0.15, 0.2) is 36.8 Å². The van der Waals surface area contributed by atoms with Gasteiger partial charge in [-0.2, -0.15) is 0 Å². The average molecular weight is 422 g/mol. The molecule has 0 aliphatic carbocycles. The van der Waals surface area contributed by atoms with Gasteiger partial charge in [0.15, 0.2) is 23.1 Å². The van der Waals surface area contributed by atoms with E-state index in [1.165, 1.54) is 25.8 Å². The molecule has 1 aliphatic rings. The Balaban J connectivity index is 1.57. The van der Waals surface area contributed by atoms with Crippen molar-refractivity contribution in [1.29, 1.82) is 0 Å². The molecule has 2 N–H and O–H groups in total. The van der Waals surface area contributed by atoms with Gasteiger partial charge < -0.3 is 19.8 Å². The fourth-order valence-corrected chi connectivity index (χ4v) is 3.97. The fourth-order valence-electron chi connectivity index (χ4n) is 3.97. The van der Waals surface area contributed by atoms with Gasteiger partial charge >= 0.3 is 0 Å². The summed E-state index contributed by atoms with van der Waals surface area (Å²) in [4.78, 5) is 12.1. The smallest absolute Gasteiger partial charge is 0.171 e. The Hall–Kier alpha value is -3.52. The zero-order valence-corrected chi connectivity index (χ0v) is 17.1. The first kappa shape index (κ1) is 19.4. The molecule has 1 aliphatic heterocycles. The number of pyridine rings is 2. The highest BCUT2D eigenvalue weighted by atomic mass is 19.1. The molecule has 4 aromatic rings. The molecule has 0 saturated heterocycles. The number of aromatic amines is 1. The van der Waals surface area contributed by atoms with E-state index in [1.54, 1.807) is 12.4 Å². The fraction of sp³-hybridized carbons (Fsp3) is 0.217. The molecular formula is C23H20F2N4O2. The lowest BCUT2D eigenvalue weighted by Crippen LogP contribution is -2.03. The van der Waals surface area contributed by atoms with Gasteiger partial charge in [0.1, 0.15) is 5.65 Å². The summed E-state index contributed by atoms with van der Waals surface area (Å²) in [5, 5.41) is 4.07. The molecule has 0 amide bonds. The number of aromatic nitrogens is 3. The van der Waals surface area contributed by atoms with E-state index in [-0.39, 0.29) is 23.5 Å². The van der Waals surface area contributed by atoms with Crippen molar-refractivity contribution < 1.29 is 18.3 Å². The minimum atomic E-state index is -0.741. The van der Waals surface area contributed by atoms with Crippen molar-refractivity contribution in [2.24, 2.45) is 0 Å². The van der Waals surface area contributed by atoms with E-state index in [2.05, 4.69) is 26.3 Å². The van der Waals surface area contributed by atoms with Crippen molar-refractivity contribution in [3.63, 3.8) is 0 Å². The lowest BCUT2D eigenvalue weighted by Gasteiger charge is -2.12. The maximum Gasteiger partial charge on any atom is 0.171 e. The number of benzene rings is 1. The van der Waals surface area contributed by atoms with Crippen LogP contribution in [-0.4, -0.2) is 29.2 Å². The quantitative estimate of drug-likeness (QED) is 0.506. The molecule has 5 rings (SSSR count). The van der Waals surface area contributed by atoms with Gasteiger partial charge in [0.05, 0.1) is 19.9 Å². The van der Waals surface area contributed by atoms with Crippen molar-refractivity contribution in [1.82, 2.24) is 20.3 Å². The lowest BCUT2D eigenvalue weighted by molar-refractivity contribution is 0.354. The third-order valence-electron chi connectivity index (χ3n) is 5.65. The van der Waals surface area contributed by atoms with Gasteiger partial charge in [-0.05, 0) is 23.3 Å². The Kier molecular flexibility index (Phi) is 4.78. The second kappa shape index (κ2) is 7.63. The summed E-state index contributed by atoms with van der Waals surface area (Å²) in [5.41, 5.74) is 5.30. The van der Waals surface area contributed by atoms with Gasteiger partial charge in [0.2, 0.25) is 0 Å². The molecule has 158 valence electrons. The normalized spacial score (nSPS) is 12.9. The number of nitrogens with one attached hydrogen (secondary N) is 2. The van der Waals surface area contributed by atoms with E-state index in [0.717, 1.165) is 35.3 Å². The molecule has 0 radical (unpaired) electrons. The van der Waals surface area contributed by atoms with Gasteiger partial charge in [-0.3, -0.25) is 4.98 Å². The number of hydrogen-bond acceptors (Lipinski definition) is 5. The summed E-state index contributed by atoms with van der Waals surface area (Å²) in [6.45, 7) is 1.56. The maximum absolute atomic E-state index is 14.9. The first-order chi connectivity index (χ1) is 15.1. The monoisotopic (exact) mass is 422 g/mol. The number of hydrogen-bond donors (Lipinski definition) is 2. The number of fused-ring (bicyclic) bond motifs is 2. The summed E-state index contributed by atoms with van der Waals surface area (Å²) in [6, 6.07) is 5.27. The molecule has 0 unspecified atom stereocenters. The number of methoxy groups -OCH3 is 2. The highest BCUT2D eigenvalue weighted by molar-refractivity contribution is 5.85. The Morgan fingerprint density at radius 2 is 1.65 bits per heavy atom. The number of nitrogens with zero attached hydrogens (tertiary/aromatic N) is 2. The minimum Gasteiger partial charge on any atom is -0.494 e. The summed E-state index contributed by atoms with van der Waals surface area (Å²) < 4.78 is 39.8. The van der Waals surface area contributed by atoms with E-state index in [1.807, 2.05) is 12.3 Å². The van der Waals surface area contributed by atoms with Crippen LogP contribution in [0.1, 0.15) is 22.4 Å². The molecule has 0 atom stereocenters. The van der Waals surface area contributed by atoms with Crippen LogP contribution in [0.4, 0.5) is 8.78 Å². The first-order valence-electron chi connectivity index (χ1n) is 9.82. The number of halogens is 2. The van der Waals surface area contributed by atoms with Gasteiger partial charge in [0, 0.05) is 66.2 Å². The van der Waals surface area contributed by atoms with E-state index in [0.29, 0.717) is 11.2 Å². The second-order valence-electron chi connectivity index (χ2n) is 7.43. The van der Waals surface area contributed by atoms with Crippen LogP contribution in [0.25, 0.3) is 22.2 Å². The van der Waals surface area contributed by atoms with Crippen LogP contribution in [0.5, 0.6) is 11.5 Å². The predicted octanol–water partition coefficient (Wildman–Crippen LogP) is 4.11. The Bertz CT molecular complexity index is 1270. The summed E-state index contributed by atoms with van der Waals surface area (Å²) in [6.07, 6.45) is 5.33. The van der Waals surface area contributed by atoms with Crippen LogP contribution in [0.2, 0.25) is 0 Å². The molecule has 0 spiro atoms. The number of ether oxygens (including phenoxy) is 2. The van der Waals surface area contributed by atoms with Crippen LogP contribution >= 0.6 is 0 Å². The largest absolute Gasteiger partial charge is 0.494 e. The zero-order valence-electron chi connectivity index (χ0n) is 17.1. The first-order valence-corrected chi connectivity index (χ1v) is 9.82. The maximum atomic E-state index is 14.9. The molecule has 6 nitrogen and oxygen atoms in total. The van der Waals surface area contributed by atoms with Crippen LogP contribution in [0, 0.1) is 11.6 Å². The number of rotatable bonds is 5. The van der Waals surface area contributed by atoms with Crippen LogP contribution in [0.3, 0.4) is 0 Å². The SMILES string of the molecule is COc1cc(OC)c(F)c(Cc2c[nH]c3ncc(-c4cnc5c(c4)CNC5)cc23)c1F. The summed E-state index contributed by atoms with van der Waals surface area (Å²) in [7, 11) is 2.67. The van der Waals surface area contributed by atoms with Gasteiger partial charge in [-0.1, -0.05) is 0 Å². The van der Waals surface area contributed by atoms with Crippen LogP contribution < -0.4 is 14.8 Å². The summed E-state index contributed by atoms with van der Waals surface area (Å²) in [5.74, 6) is -1.61. The van der Waals surface area contributed by atoms with Crippen molar-refractivity contribution in [3.05, 3.63) is 70.8 Å². The van der Waals surface area contributed by atoms with E-state index >= 15 is 0 Å². The topological polar surface area (TPSA) is 72.1 Å². The standard InChI is InChI=1S/C23H20F2N4O2/c1-30-19-6-20(31-2)22(25)17(21(19)24)5-14-10-29-23-16(14)4-13(9-28-23)12-3-15-7-26-11-18(15)27-8-12/h3-4,6,8-10,26H,5,7,11H2,1-2H3,(H,28,29). The molecule has 4 heterocycles. The Morgan fingerprint density at radius 1 is 0.935 bits per heavy atom. The molecule has 8 heteroatoms. The molecule has 0 fully saturated rings. The Morgan fingerprint density at radius 3 is 2.39 bits per heavy atom. The third-order valence-corrected chi connectivity index (χ3v) is 5.65. The molecule has 1 aromatic carbocycles. The molecule has 0 bridgehead atoms. The Labute approximate surface area is 177 Å². The average Bonchev–Trinajstić information content (AvgIpc) is 3.42. The van der Waals surface area contributed by atoms with Gasteiger partial charge in [0.25, 0.3) is 0 Å². The molecule has 31 heavy (non-hydrogen) atoms. The van der Waals surface area contributed by atoms with Crippen molar-refractivity contribution >= 4 is 11.0 Å². The zero-order chi connectivity index (χ0) is 21.5. The van der Waals surface area contributed by atoms with E-state index < -0.39 is 11.6 Å². The van der Waals surface area contributed by atoms with Crippen molar-refractivity contribution in [2.75, 3.05) is 14.2 Å². The predicted molar refractivity (Wildman–Crippen MR) is 112 cm³/mol. The van der Waals surface area contributed by atoms with E-state index in [9.17, 15) is 8.78 Å². The molecule has 3 aromatic heterocycles. The highest BCUT2D eigenvalue weighted by Gasteiger charge is 2.22. The number of H-pyrrole nitrogens is 1. The van der Waals surface area contributed by atoms with Crippen molar-refractivity contribution in [3.8, 4) is 22.6 Å². The summed E-state index contributed by atoms with van der Waals surface area (Å²) >= 11 is 0.